The molecule has 0 fully saturated rings. The van der Waals surface area contributed by atoms with Crippen LogP contribution in [0, 0.1) is 13.8 Å². The average Bonchev–Trinajstić information content (AvgIpc) is 2.56. The molecule has 1 nitrogen and oxygen atoms in total. The summed E-state index contributed by atoms with van der Waals surface area (Å²) in [6.07, 6.45) is 0. The molecule has 1 heterocycles. The van der Waals surface area contributed by atoms with E-state index >= 15 is 0 Å². The third-order valence-electron chi connectivity index (χ3n) is 2.33. The Bertz CT molecular complexity index is 457. The third-order valence-corrected chi connectivity index (χ3v) is 3.38. The highest BCUT2D eigenvalue weighted by atomic mass is 32.1. The summed E-state index contributed by atoms with van der Waals surface area (Å²) in [4.78, 5) is 1.25. The molecule has 0 amide bonds. The van der Waals surface area contributed by atoms with E-state index in [4.69, 9.17) is 0 Å². The van der Waals surface area contributed by atoms with Gasteiger partial charge in [0.1, 0.15) is 5.75 Å². The van der Waals surface area contributed by atoms with Crippen LogP contribution in [0.5, 0.6) is 5.75 Å². The number of hydrogen-bond donors (Lipinski definition) is 1. The minimum absolute atomic E-state index is 0.332. The lowest BCUT2D eigenvalue weighted by atomic mass is 10.0. The van der Waals surface area contributed by atoms with Crippen molar-refractivity contribution in [2.75, 3.05) is 0 Å². The van der Waals surface area contributed by atoms with Crippen molar-refractivity contribution in [1.82, 2.24) is 0 Å². The molecule has 2 rings (SSSR count). The summed E-state index contributed by atoms with van der Waals surface area (Å²) in [5.74, 6) is 0.332. The monoisotopic (exact) mass is 204 g/mol. The zero-order valence-electron chi connectivity index (χ0n) is 8.24. The maximum Gasteiger partial charge on any atom is 0.116 e. The largest absolute Gasteiger partial charge is 0.508 e. The Morgan fingerprint density at radius 1 is 1.07 bits per heavy atom. The molecule has 1 aromatic carbocycles. The molecule has 0 aliphatic heterocycles. The molecule has 0 saturated carbocycles. The van der Waals surface area contributed by atoms with E-state index in [0.717, 1.165) is 5.56 Å². The number of aryl methyl sites for hydroxylation is 2. The number of phenols is 1. The van der Waals surface area contributed by atoms with Crippen LogP contribution in [-0.2, 0) is 0 Å². The standard InChI is InChI=1S/C12H12OS/c1-8-3-4-10(13)7-11(8)12-9(2)5-6-14-12/h3-7,13H,1-2H3. The quantitative estimate of drug-likeness (QED) is 0.750. The van der Waals surface area contributed by atoms with Crippen molar-refractivity contribution in [1.29, 1.82) is 0 Å². The Balaban J connectivity index is 2.62. The molecule has 14 heavy (non-hydrogen) atoms. The lowest BCUT2D eigenvalue weighted by Crippen LogP contribution is -1.81. The van der Waals surface area contributed by atoms with Gasteiger partial charge in [-0.05, 0) is 54.1 Å². The SMILES string of the molecule is Cc1ccc(O)cc1-c1sccc1C. The summed E-state index contributed by atoms with van der Waals surface area (Å²) in [7, 11) is 0. The van der Waals surface area contributed by atoms with Crippen LogP contribution >= 0.6 is 11.3 Å². The number of thiophene rings is 1. The van der Waals surface area contributed by atoms with Crippen LogP contribution in [0.4, 0.5) is 0 Å². The van der Waals surface area contributed by atoms with Gasteiger partial charge in [0.2, 0.25) is 0 Å². The fraction of sp³-hybridized carbons (Fsp3) is 0.167. The summed E-state index contributed by atoms with van der Waals surface area (Å²) in [5, 5.41) is 11.5. The van der Waals surface area contributed by atoms with E-state index < -0.39 is 0 Å². The maximum absolute atomic E-state index is 9.43. The molecule has 72 valence electrons. The molecule has 2 aromatic rings. The Labute approximate surface area is 87.7 Å². The van der Waals surface area contributed by atoms with Crippen molar-refractivity contribution in [2.45, 2.75) is 13.8 Å². The molecule has 0 atom stereocenters. The molecule has 1 aromatic heterocycles. The molecule has 0 aliphatic rings. The van der Waals surface area contributed by atoms with Gasteiger partial charge < -0.3 is 5.11 Å². The van der Waals surface area contributed by atoms with Crippen molar-refractivity contribution >= 4 is 11.3 Å². The zero-order valence-corrected chi connectivity index (χ0v) is 9.06. The van der Waals surface area contributed by atoms with Crippen LogP contribution in [0.1, 0.15) is 11.1 Å². The number of phenolic OH excluding ortho intramolecular Hbond substituents is 1. The smallest absolute Gasteiger partial charge is 0.116 e. The lowest BCUT2D eigenvalue weighted by Gasteiger charge is -2.05. The minimum atomic E-state index is 0.332. The van der Waals surface area contributed by atoms with Crippen molar-refractivity contribution in [3.63, 3.8) is 0 Å². The van der Waals surface area contributed by atoms with Gasteiger partial charge in [-0.1, -0.05) is 6.07 Å². The molecular formula is C12H12OS. The van der Waals surface area contributed by atoms with Gasteiger partial charge >= 0.3 is 0 Å². The first-order valence-corrected chi connectivity index (χ1v) is 5.40. The second kappa shape index (κ2) is 3.46. The van der Waals surface area contributed by atoms with Crippen LogP contribution in [0.25, 0.3) is 10.4 Å². The highest BCUT2D eigenvalue weighted by Crippen LogP contribution is 2.33. The Morgan fingerprint density at radius 3 is 2.50 bits per heavy atom. The van der Waals surface area contributed by atoms with E-state index in [9.17, 15) is 5.11 Å². The normalized spacial score (nSPS) is 10.4. The summed E-state index contributed by atoms with van der Waals surface area (Å²) in [6, 6.07) is 7.60. The van der Waals surface area contributed by atoms with Gasteiger partial charge in [-0.2, -0.15) is 0 Å². The van der Waals surface area contributed by atoms with Gasteiger partial charge in [-0.3, -0.25) is 0 Å². The van der Waals surface area contributed by atoms with Crippen LogP contribution in [0.3, 0.4) is 0 Å². The predicted octanol–water partition coefficient (Wildman–Crippen LogP) is 3.74. The van der Waals surface area contributed by atoms with E-state index in [1.807, 2.05) is 12.1 Å². The van der Waals surface area contributed by atoms with Gasteiger partial charge in [0, 0.05) is 4.88 Å². The molecular weight excluding hydrogens is 192 g/mol. The molecule has 0 bridgehead atoms. The van der Waals surface area contributed by atoms with Crippen molar-refractivity contribution < 1.29 is 5.11 Å². The molecule has 0 saturated heterocycles. The predicted molar refractivity (Wildman–Crippen MR) is 60.9 cm³/mol. The van der Waals surface area contributed by atoms with Crippen molar-refractivity contribution in [2.24, 2.45) is 0 Å². The average molecular weight is 204 g/mol. The first kappa shape index (κ1) is 9.28. The van der Waals surface area contributed by atoms with E-state index in [1.165, 1.54) is 16.0 Å². The molecule has 0 aliphatic carbocycles. The van der Waals surface area contributed by atoms with Crippen molar-refractivity contribution in [3.05, 3.63) is 40.8 Å². The maximum atomic E-state index is 9.43. The number of aromatic hydroxyl groups is 1. The number of rotatable bonds is 1. The van der Waals surface area contributed by atoms with E-state index in [1.54, 1.807) is 17.4 Å². The second-order valence-corrected chi connectivity index (χ2v) is 4.35. The number of benzene rings is 1. The van der Waals surface area contributed by atoms with E-state index in [2.05, 4.69) is 25.3 Å². The van der Waals surface area contributed by atoms with Gasteiger partial charge in [0.25, 0.3) is 0 Å². The van der Waals surface area contributed by atoms with Gasteiger partial charge in [0.05, 0.1) is 0 Å². The van der Waals surface area contributed by atoms with E-state index in [0.29, 0.717) is 5.75 Å². The molecule has 0 spiro atoms. The molecule has 0 radical (unpaired) electrons. The van der Waals surface area contributed by atoms with Gasteiger partial charge in [-0.25, -0.2) is 0 Å². The molecule has 2 heteroatoms. The first-order valence-electron chi connectivity index (χ1n) is 4.52. The topological polar surface area (TPSA) is 20.2 Å². The van der Waals surface area contributed by atoms with Gasteiger partial charge in [0.15, 0.2) is 0 Å². The number of hydrogen-bond acceptors (Lipinski definition) is 2. The van der Waals surface area contributed by atoms with Crippen LogP contribution in [-0.4, -0.2) is 5.11 Å². The van der Waals surface area contributed by atoms with Gasteiger partial charge in [-0.15, -0.1) is 11.3 Å². The fourth-order valence-corrected chi connectivity index (χ4v) is 2.51. The molecule has 1 N–H and O–H groups in total. The summed E-state index contributed by atoms with van der Waals surface area (Å²) < 4.78 is 0. The van der Waals surface area contributed by atoms with Crippen molar-refractivity contribution in [3.8, 4) is 16.2 Å². The Hall–Kier alpha value is -1.28. The second-order valence-electron chi connectivity index (χ2n) is 3.43. The summed E-state index contributed by atoms with van der Waals surface area (Å²) >= 11 is 1.71. The lowest BCUT2D eigenvalue weighted by molar-refractivity contribution is 0.475. The fourth-order valence-electron chi connectivity index (χ4n) is 1.50. The van der Waals surface area contributed by atoms with E-state index in [-0.39, 0.29) is 0 Å². The van der Waals surface area contributed by atoms with Crippen LogP contribution in [0.15, 0.2) is 29.6 Å². The first-order chi connectivity index (χ1) is 6.68. The third kappa shape index (κ3) is 1.53. The summed E-state index contributed by atoms with van der Waals surface area (Å²) in [5.41, 5.74) is 3.61. The van der Waals surface area contributed by atoms with Crippen LogP contribution in [0.2, 0.25) is 0 Å². The van der Waals surface area contributed by atoms with Crippen LogP contribution < -0.4 is 0 Å². The Kier molecular flexibility index (Phi) is 2.30. The zero-order chi connectivity index (χ0) is 10.1. The highest BCUT2D eigenvalue weighted by molar-refractivity contribution is 7.13. The highest BCUT2D eigenvalue weighted by Gasteiger charge is 2.06. The molecule has 0 unspecified atom stereocenters. The minimum Gasteiger partial charge on any atom is -0.508 e. The summed E-state index contributed by atoms with van der Waals surface area (Å²) in [6.45, 7) is 4.16. The Morgan fingerprint density at radius 2 is 1.86 bits per heavy atom.